The number of nitrogen functional groups attached to an aromatic ring is 1. The van der Waals surface area contributed by atoms with Crippen LogP contribution in [0.4, 0.5) is 11.6 Å². The summed E-state index contributed by atoms with van der Waals surface area (Å²) in [5.74, 6) is 7.70. The molecule has 3 N–H and O–H groups in total. The Hall–Kier alpha value is -2.34. The molecule has 0 aliphatic rings. The molecule has 112 valence electrons. The summed E-state index contributed by atoms with van der Waals surface area (Å²) in [7, 11) is 3.69. The van der Waals surface area contributed by atoms with Gasteiger partial charge in [0.05, 0.1) is 7.11 Å². The molecule has 1 unspecified atom stereocenters. The topological polar surface area (TPSA) is 76.3 Å². The van der Waals surface area contributed by atoms with Crippen LogP contribution in [0.1, 0.15) is 12.5 Å². The van der Waals surface area contributed by atoms with Gasteiger partial charge in [-0.25, -0.2) is 15.8 Å². The predicted octanol–water partition coefficient (Wildman–Crippen LogP) is 1.84. The Labute approximate surface area is 124 Å². The fourth-order valence-electron chi connectivity index (χ4n) is 2.17. The van der Waals surface area contributed by atoms with Gasteiger partial charge in [0, 0.05) is 19.2 Å². The van der Waals surface area contributed by atoms with E-state index in [0.717, 1.165) is 18.0 Å². The average Bonchev–Trinajstić information content (AvgIpc) is 2.54. The van der Waals surface area contributed by atoms with Crippen molar-refractivity contribution in [1.82, 2.24) is 9.97 Å². The molecule has 2 rings (SSSR count). The summed E-state index contributed by atoms with van der Waals surface area (Å²) in [6, 6.07) is 10.1. The lowest BCUT2D eigenvalue weighted by atomic mass is 10.1. The third-order valence-electron chi connectivity index (χ3n) is 3.53. The molecule has 6 nitrogen and oxygen atoms in total. The van der Waals surface area contributed by atoms with Crippen LogP contribution in [0.25, 0.3) is 0 Å². The lowest BCUT2D eigenvalue weighted by Crippen LogP contribution is -2.31. The molecular formula is C15H21N5O. The highest BCUT2D eigenvalue weighted by Gasteiger charge is 2.14. The number of methoxy groups -OCH3 is 1. The molecule has 1 heterocycles. The molecule has 0 amide bonds. The standard InChI is InChI=1S/C15H21N5O/c1-11(8-12-6-4-5-7-13(12)21-3)20(2)15-9-14(19-16)17-10-18-15/h4-7,9-11H,8,16H2,1-3H3,(H,17,18,19). The van der Waals surface area contributed by atoms with E-state index in [-0.39, 0.29) is 6.04 Å². The second-order valence-electron chi connectivity index (χ2n) is 4.88. The van der Waals surface area contributed by atoms with Gasteiger partial charge in [0.1, 0.15) is 23.7 Å². The quantitative estimate of drug-likeness (QED) is 0.623. The van der Waals surface area contributed by atoms with Crippen molar-refractivity contribution in [3.05, 3.63) is 42.2 Å². The van der Waals surface area contributed by atoms with Crippen molar-refractivity contribution in [2.45, 2.75) is 19.4 Å². The number of benzene rings is 1. The summed E-state index contributed by atoms with van der Waals surface area (Å²) in [6.45, 7) is 2.14. The molecule has 0 fully saturated rings. The van der Waals surface area contributed by atoms with E-state index >= 15 is 0 Å². The van der Waals surface area contributed by atoms with Crippen LogP contribution >= 0.6 is 0 Å². The molecule has 1 atom stereocenters. The highest BCUT2D eigenvalue weighted by atomic mass is 16.5. The van der Waals surface area contributed by atoms with Gasteiger partial charge in [0.15, 0.2) is 0 Å². The number of nitrogens with zero attached hydrogens (tertiary/aromatic N) is 3. The Morgan fingerprint density at radius 3 is 2.81 bits per heavy atom. The zero-order chi connectivity index (χ0) is 15.2. The number of anilines is 2. The van der Waals surface area contributed by atoms with Crippen molar-refractivity contribution in [1.29, 1.82) is 0 Å². The zero-order valence-corrected chi connectivity index (χ0v) is 12.6. The van der Waals surface area contributed by atoms with E-state index in [1.165, 1.54) is 11.9 Å². The maximum Gasteiger partial charge on any atom is 0.145 e. The molecule has 1 aromatic heterocycles. The van der Waals surface area contributed by atoms with E-state index in [0.29, 0.717) is 5.82 Å². The molecular weight excluding hydrogens is 266 g/mol. The van der Waals surface area contributed by atoms with Gasteiger partial charge < -0.3 is 15.1 Å². The SMILES string of the molecule is COc1ccccc1CC(C)N(C)c1cc(NN)ncn1. The number of rotatable bonds is 6. The van der Waals surface area contributed by atoms with Crippen molar-refractivity contribution < 1.29 is 4.74 Å². The maximum atomic E-state index is 5.40. The molecule has 6 heteroatoms. The van der Waals surface area contributed by atoms with Crippen LogP contribution in [-0.2, 0) is 6.42 Å². The molecule has 0 radical (unpaired) electrons. The predicted molar refractivity (Wildman–Crippen MR) is 84.4 cm³/mol. The normalized spacial score (nSPS) is 11.8. The molecule has 0 aliphatic heterocycles. The van der Waals surface area contributed by atoms with Crippen LogP contribution in [0.5, 0.6) is 5.75 Å². The van der Waals surface area contributed by atoms with Crippen LogP contribution < -0.4 is 20.9 Å². The summed E-state index contributed by atoms with van der Waals surface area (Å²) < 4.78 is 5.40. The van der Waals surface area contributed by atoms with Gasteiger partial charge in [-0.1, -0.05) is 18.2 Å². The summed E-state index contributed by atoms with van der Waals surface area (Å²) in [6.07, 6.45) is 2.35. The maximum absolute atomic E-state index is 5.40. The van der Waals surface area contributed by atoms with Gasteiger partial charge in [-0.3, -0.25) is 0 Å². The van der Waals surface area contributed by atoms with E-state index < -0.39 is 0 Å². The number of hydrogen-bond acceptors (Lipinski definition) is 6. The zero-order valence-electron chi connectivity index (χ0n) is 12.6. The number of aromatic nitrogens is 2. The van der Waals surface area contributed by atoms with Crippen LogP contribution in [0.3, 0.4) is 0 Å². The lowest BCUT2D eigenvalue weighted by Gasteiger charge is -2.26. The van der Waals surface area contributed by atoms with E-state index in [4.69, 9.17) is 10.6 Å². The minimum Gasteiger partial charge on any atom is -0.496 e. The van der Waals surface area contributed by atoms with Gasteiger partial charge in [-0.05, 0) is 25.0 Å². The first-order chi connectivity index (χ1) is 10.2. The monoisotopic (exact) mass is 287 g/mol. The number of hydrogen-bond donors (Lipinski definition) is 2. The van der Waals surface area contributed by atoms with Gasteiger partial charge in [0.2, 0.25) is 0 Å². The molecule has 0 saturated carbocycles. The minimum absolute atomic E-state index is 0.252. The fraction of sp³-hybridized carbons (Fsp3) is 0.333. The molecule has 0 spiro atoms. The molecule has 0 bridgehead atoms. The van der Waals surface area contributed by atoms with Gasteiger partial charge in [0.25, 0.3) is 0 Å². The van der Waals surface area contributed by atoms with Crippen LogP contribution in [-0.4, -0.2) is 30.2 Å². The minimum atomic E-state index is 0.252. The van der Waals surface area contributed by atoms with Crippen molar-refractivity contribution >= 4 is 11.6 Å². The van der Waals surface area contributed by atoms with Gasteiger partial charge >= 0.3 is 0 Å². The van der Waals surface area contributed by atoms with Gasteiger partial charge in [-0.2, -0.15) is 0 Å². The molecule has 0 aliphatic carbocycles. The Morgan fingerprint density at radius 2 is 2.10 bits per heavy atom. The van der Waals surface area contributed by atoms with E-state index in [1.807, 2.05) is 31.3 Å². The Kier molecular flexibility index (Phi) is 4.94. The number of hydrazine groups is 1. The average molecular weight is 287 g/mol. The summed E-state index contributed by atoms with van der Waals surface area (Å²) in [5.41, 5.74) is 3.70. The van der Waals surface area contributed by atoms with Crippen molar-refractivity contribution in [2.24, 2.45) is 5.84 Å². The molecule has 21 heavy (non-hydrogen) atoms. The number of nitrogens with two attached hydrogens (primary N) is 1. The van der Waals surface area contributed by atoms with Crippen molar-refractivity contribution in [2.75, 3.05) is 24.5 Å². The summed E-state index contributed by atoms with van der Waals surface area (Å²) in [4.78, 5) is 10.4. The summed E-state index contributed by atoms with van der Waals surface area (Å²) >= 11 is 0. The van der Waals surface area contributed by atoms with Crippen LogP contribution in [0.15, 0.2) is 36.7 Å². The molecule has 2 aromatic rings. The lowest BCUT2D eigenvalue weighted by molar-refractivity contribution is 0.408. The van der Waals surface area contributed by atoms with Crippen molar-refractivity contribution in [3.63, 3.8) is 0 Å². The second kappa shape index (κ2) is 6.90. The van der Waals surface area contributed by atoms with E-state index in [2.05, 4.69) is 33.3 Å². The Balaban J connectivity index is 2.13. The van der Waals surface area contributed by atoms with Crippen molar-refractivity contribution in [3.8, 4) is 5.75 Å². The number of nitrogens with one attached hydrogen (secondary N) is 1. The summed E-state index contributed by atoms with van der Waals surface area (Å²) in [5, 5.41) is 0. The number of likely N-dealkylation sites (N-methyl/N-ethyl adjacent to an activating group) is 1. The van der Waals surface area contributed by atoms with Crippen LogP contribution in [0.2, 0.25) is 0 Å². The first-order valence-electron chi connectivity index (χ1n) is 6.79. The first kappa shape index (κ1) is 15.1. The van der Waals surface area contributed by atoms with Gasteiger partial charge in [-0.15, -0.1) is 0 Å². The highest BCUT2D eigenvalue weighted by Crippen LogP contribution is 2.22. The van der Waals surface area contributed by atoms with Crippen LogP contribution in [0, 0.1) is 0 Å². The first-order valence-corrected chi connectivity index (χ1v) is 6.79. The Morgan fingerprint density at radius 1 is 1.33 bits per heavy atom. The van der Waals surface area contributed by atoms with E-state index in [1.54, 1.807) is 7.11 Å². The molecule has 1 aromatic carbocycles. The fourth-order valence-corrected chi connectivity index (χ4v) is 2.17. The highest BCUT2D eigenvalue weighted by molar-refractivity contribution is 5.48. The third-order valence-corrected chi connectivity index (χ3v) is 3.53. The van der Waals surface area contributed by atoms with E-state index in [9.17, 15) is 0 Å². The molecule has 0 saturated heterocycles. The second-order valence-corrected chi connectivity index (χ2v) is 4.88. The third kappa shape index (κ3) is 3.61. The number of para-hydroxylation sites is 1. The smallest absolute Gasteiger partial charge is 0.145 e. The largest absolute Gasteiger partial charge is 0.496 e. The Bertz CT molecular complexity index is 590. The number of ether oxygens (including phenoxy) is 1.